The molecule has 192 valence electrons. The number of hydrogen-bond donors (Lipinski definition) is 4. The van der Waals surface area contributed by atoms with Crippen LogP contribution in [0.15, 0.2) is 0 Å². The van der Waals surface area contributed by atoms with Crippen molar-refractivity contribution < 1.29 is 34.0 Å². The van der Waals surface area contributed by atoms with E-state index in [9.17, 15) is 34.0 Å². The van der Waals surface area contributed by atoms with Crippen molar-refractivity contribution in [1.82, 2.24) is 14.7 Å². The maximum Gasteiger partial charge on any atom is 0.282 e. The maximum absolute atomic E-state index is 11.2. The summed E-state index contributed by atoms with van der Waals surface area (Å²) >= 11 is 0. The minimum Gasteiger partial charge on any atom is -0.372 e. The van der Waals surface area contributed by atoms with E-state index >= 15 is 0 Å². The molecule has 10 nitrogen and oxygen atoms in total. The molecule has 0 saturated carbocycles. The molecule has 2 unspecified atom stereocenters. The molecule has 2 atom stereocenters. The minimum atomic E-state index is -3.22. The van der Waals surface area contributed by atoms with E-state index in [1.54, 1.807) is 0 Å². The lowest BCUT2D eigenvalue weighted by molar-refractivity contribution is -0.117. The van der Waals surface area contributed by atoms with Gasteiger partial charge < -0.3 is 24.2 Å². The second-order valence-electron chi connectivity index (χ2n) is 8.70. The molecule has 4 N–H and O–H groups in total. The molecule has 1 saturated heterocycles. The van der Waals surface area contributed by atoms with Crippen LogP contribution in [0.3, 0.4) is 0 Å². The molecule has 1 aliphatic heterocycles. The Labute approximate surface area is 200 Å². The molecular formula is C20H41N3O7P3+. The van der Waals surface area contributed by atoms with E-state index in [1.807, 2.05) is 4.90 Å². The Hall–Kier alpha value is 0.0200. The lowest BCUT2D eigenvalue weighted by atomic mass is 10.4. The van der Waals surface area contributed by atoms with Crippen LogP contribution in [-0.4, -0.2) is 129 Å². The van der Waals surface area contributed by atoms with Crippen molar-refractivity contribution in [3.05, 3.63) is 0 Å². The fourth-order valence-electron chi connectivity index (χ4n) is 3.43. The van der Waals surface area contributed by atoms with Crippen LogP contribution in [0.4, 0.5) is 0 Å². The standard InChI is InChI=1S/C20H41N3O7P3/c1-19(25)4-13-31(27)16-21-6-7-22(17-32(28)14-5-20(2)26)9-11-23(10-8-21)18-33(29,30)15-3-12-24/h12,27-30H,3-11,13-18H2,1-2H3/q+1. The number of carbonyl (C=O) groups is 3. The number of Topliss-reactive ketones (excluding diaryl/α,β-unsaturated/α-hetero) is 2. The molecule has 13 heteroatoms. The number of rotatable bonds is 15. The van der Waals surface area contributed by atoms with Crippen LogP contribution >= 0.6 is 24.0 Å². The third-order valence-electron chi connectivity index (χ3n) is 5.40. The normalized spacial score (nSPS) is 19.3. The Morgan fingerprint density at radius 3 is 1.58 bits per heavy atom. The molecule has 1 rings (SSSR count). The average Bonchev–Trinajstić information content (AvgIpc) is 2.81. The fourth-order valence-corrected chi connectivity index (χ4v) is 7.94. The van der Waals surface area contributed by atoms with Gasteiger partial charge in [0.25, 0.3) is 7.72 Å². The molecule has 1 fully saturated rings. The molecule has 0 aromatic heterocycles. The maximum atomic E-state index is 11.2. The van der Waals surface area contributed by atoms with Crippen LogP contribution in [0.5, 0.6) is 0 Å². The monoisotopic (exact) mass is 528 g/mol. The Morgan fingerprint density at radius 2 is 1.21 bits per heavy atom. The van der Waals surface area contributed by atoms with Crippen LogP contribution in [-0.2, 0) is 14.4 Å². The zero-order valence-electron chi connectivity index (χ0n) is 19.9. The van der Waals surface area contributed by atoms with Crippen molar-refractivity contribution in [2.24, 2.45) is 0 Å². The predicted octanol–water partition coefficient (Wildman–Crippen LogP) is 0.936. The highest BCUT2D eigenvalue weighted by Gasteiger charge is 2.35. The van der Waals surface area contributed by atoms with Crippen LogP contribution in [0.2, 0.25) is 0 Å². The number of hydrogen-bond acceptors (Lipinski definition) is 10. The van der Waals surface area contributed by atoms with E-state index in [1.165, 1.54) is 13.8 Å². The summed E-state index contributed by atoms with van der Waals surface area (Å²) in [5, 5.41) is 0. The van der Waals surface area contributed by atoms with Gasteiger partial charge in [-0.05, 0) is 26.2 Å². The van der Waals surface area contributed by atoms with Gasteiger partial charge in [-0.2, -0.15) is 0 Å². The summed E-state index contributed by atoms with van der Waals surface area (Å²) in [6, 6.07) is 0. The number of carbonyl (C=O) groups excluding carboxylic acids is 3. The molecule has 1 heterocycles. The topological polar surface area (TPSA) is 142 Å². The molecule has 0 aromatic carbocycles. The molecule has 0 aromatic rings. The SMILES string of the molecule is CC(=O)CCP(O)CN1CCN(CP(O)CCC(C)=O)CCN(C[P+](O)(O)CCC=O)CC1. The van der Waals surface area contributed by atoms with Gasteiger partial charge in [-0.15, -0.1) is 0 Å². The van der Waals surface area contributed by atoms with Crippen molar-refractivity contribution >= 4 is 41.9 Å². The first-order chi connectivity index (χ1) is 15.5. The highest BCUT2D eigenvalue weighted by Crippen LogP contribution is 2.50. The molecule has 0 aliphatic carbocycles. The van der Waals surface area contributed by atoms with E-state index in [0.29, 0.717) is 83.3 Å². The quantitative estimate of drug-likeness (QED) is 0.179. The molecule has 0 spiro atoms. The second-order valence-corrected chi connectivity index (χ2v) is 14.7. The summed E-state index contributed by atoms with van der Waals surface area (Å²) in [7, 11) is -5.83. The van der Waals surface area contributed by atoms with Gasteiger partial charge in [0.1, 0.15) is 24.0 Å². The summed E-state index contributed by atoms with van der Waals surface area (Å²) in [6.07, 6.45) is 3.60. The van der Waals surface area contributed by atoms with Crippen molar-refractivity contribution in [3.63, 3.8) is 0 Å². The summed E-state index contributed by atoms with van der Waals surface area (Å²) < 4.78 is 0. The summed E-state index contributed by atoms with van der Waals surface area (Å²) in [6.45, 7) is 6.86. The van der Waals surface area contributed by atoms with Gasteiger partial charge in [0.05, 0.1) is 0 Å². The molecular weight excluding hydrogens is 487 g/mol. The van der Waals surface area contributed by atoms with Gasteiger partial charge in [0, 0.05) is 87.4 Å². The van der Waals surface area contributed by atoms with Gasteiger partial charge in [-0.1, -0.05) is 0 Å². The molecule has 0 radical (unpaired) electrons. The summed E-state index contributed by atoms with van der Waals surface area (Å²) in [5.41, 5.74) is 0. The van der Waals surface area contributed by atoms with Crippen LogP contribution < -0.4 is 0 Å². The fraction of sp³-hybridized carbons (Fsp3) is 0.850. The number of nitrogens with zero attached hydrogens (tertiary/aromatic N) is 3. The first-order valence-electron chi connectivity index (χ1n) is 11.3. The van der Waals surface area contributed by atoms with Crippen molar-refractivity contribution in [2.45, 2.75) is 33.1 Å². The molecule has 1 aliphatic rings. The van der Waals surface area contributed by atoms with Gasteiger partial charge in [0.15, 0.2) is 6.29 Å². The van der Waals surface area contributed by atoms with Gasteiger partial charge in [-0.3, -0.25) is 14.7 Å². The minimum absolute atomic E-state index is 0.0572. The van der Waals surface area contributed by atoms with Crippen molar-refractivity contribution in [1.29, 1.82) is 0 Å². The zero-order chi connectivity index (χ0) is 24.9. The Bertz CT molecular complexity index is 577. The molecule has 0 amide bonds. The Balaban J connectivity index is 2.80. The summed E-state index contributed by atoms with van der Waals surface area (Å²) in [4.78, 5) is 81.0. The van der Waals surface area contributed by atoms with Crippen LogP contribution in [0, 0.1) is 0 Å². The number of aldehydes is 1. The Morgan fingerprint density at radius 1 is 0.818 bits per heavy atom. The average molecular weight is 528 g/mol. The predicted molar refractivity (Wildman–Crippen MR) is 135 cm³/mol. The van der Waals surface area contributed by atoms with Crippen LogP contribution in [0.1, 0.15) is 33.1 Å². The number of ketones is 2. The van der Waals surface area contributed by atoms with E-state index in [4.69, 9.17) is 0 Å². The van der Waals surface area contributed by atoms with E-state index in [2.05, 4.69) is 9.80 Å². The smallest absolute Gasteiger partial charge is 0.282 e. The second kappa shape index (κ2) is 16.6. The van der Waals surface area contributed by atoms with Gasteiger partial charge in [-0.25, -0.2) is 9.79 Å². The highest BCUT2D eigenvalue weighted by atomic mass is 31.2. The Kier molecular flexibility index (Phi) is 15.7. The van der Waals surface area contributed by atoms with E-state index in [0.717, 1.165) is 0 Å². The van der Waals surface area contributed by atoms with Crippen molar-refractivity contribution in [2.75, 3.05) is 76.6 Å². The van der Waals surface area contributed by atoms with E-state index in [-0.39, 0.29) is 30.4 Å². The lowest BCUT2D eigenvalue weighted by Gasteiger charge is -2.28. The highest BCUT2D eigenvalue weighted by molar-refractivity contribution is 7.64. The largest absolute Gasteiger partial charge is 0.372 e. The lowest BCUT2D eigenvalue weighted by Crippen LogP contribution is -2.37. The molecule has 0 bridgehead atoms. The first kappa shape index (κ1) is 31.1. The van der Waals surface area contributed by atoms with E-state index < -0.39 is 24.0 Å². The third kappa shape index (κ3) is 15.6. The first-order valence-corrected chi connectivity index (χ1v) is 16.7. The van der Waals surface area contributed by atoms with Gasteiger partial charge in [0.2, 0.25) is 0 Å². The third-order valence-corrected chi connectivity index (χ3v) is 10.2. The van der Waals surface area contributed by atoms with Crippen molar-refractivity contribution in [3.8, 4) is 0 Å². The zero-order valence-corrected chi connectivity index (χ0v) is 22.6. The molecule has 33 heavy (non-hydrogen) atoms. The van der Waals surface area contributed by atoms with Gasteiger partial charge >= 0.3 is 0 Å². The summed E-state index contributed by atoms with van der Waals surface area (Å²) in [5.74, 6) is 0.114. The van der Waals surface area contributed by atoms with Crippen LogP contribution in [0.25, 0.3) is 0 Å².